The highest BCUT2D eigenvalue weighted by molar-refractivity contribution is 5.56. The molecule has 1 atom stereocenters. The smallest absolute Gasteiger partial charge is 0.130 e. The molecule has 0 unspecified atom stereocenters. The number of benzene rings is 1. The molecule has 2 nitrogen and oxygen atoms in total. The summed E-state index contributed by atoms with van der Waals surface area (Å²) in [5.41, 5.74) is 7.17. The molecule has 0 bridgehead atoms. The average molecular weight is 234 g/mol. The highest BCUT2D eigenvalue weighted by atomic mass is 19.1. The van der Waals surface area contributed by atoms with Crippen molar-refractivity contribution in [3.8, 4) is 0 Å². The van der Waals surface area contributed by atoms with E-state index < -0.39 is 0 Å². The van der Waals surface area contributed by atoms with Crippen LogP contribution in [0.3, 0.4) is 0 Å². The summed E-state index contributed by atoms with van der Waals surface area (Å²) in [6.07, 6.45) is 3.55. The Morgan fingerprint density at radius 3 is 2.41 bits per heavy atom. The van der Waals surface area contributed by atoms with Crippen LogP contribution in [0.2, 0.25) is 0 Å². The van der Waals surface area contributed by atoms with Crippen molar-refractivity contribution in [1.82, 2.24) is 0 Å². The van der Waals surface area contributed by atoms with Gasteiger partial charge in [0.25, 0.3) is 0 Å². The summed E-state index contributed by atoms with van der Waals surface area (Å²) in [6, 6.07) is 4.65. The molecular weight excluding hydrogens is 215 g/mol. The topological polar surface area (TPSA) is 29.3 Å². The number of rotatable bonds is 6. The second-order valence-corrected chi connectivity index (χ2v) is 3.94. The predicted octanol–water partition coefficient (Wildman–Crippen LogP) is 3.02. The van der Waals surface area contributed by atoms with Crippen LogP contribution in [0.15, 0.2) is 43.5 Å². The molecule has 0 saturated carbocycles. The van der Waals surface area contributed by atoms with Crippen LogP contribution < -0.4 is 10.6 Å². The fourth-order valence-electron chi connectivity index (χ4n) is 1.84. The van der Waals surface area contributed by atoms with Crippen LogP contribution in [-0.4, -0.2) is 13.1 Å². The quantitative estimate of drug-likeness (QED) is 0.767. The molecule has 0 amide bonds. The van der Waals surface area contributed by atoms with Crippen LogP contribution in [0, 0.1) is 5.82 Å². The zero-order valence-electron chi connectivity index (χ0n) is 10.2. The normalized spacial score (nSPS) is 11.9. The molecule has 0 radical (unpaired) electrons. The van der Waals surface area contributed by atoms with Gasteiger partial charge in [-0.1, -0.05) is 18.2 Å². The monoisotopic (exact) mass is 234 g/mol. The first-order chi connectivity index (χ1) is 8.11. The summed E-state index contributed by atoms with van der Waals surface area (Å²) in [5.74, 6) is -0.268. The van der Waals surface area contributed by atoms with Crippen molar-refractivity contribution in [2.24, 2.45) is 5.73 Å². The van der Waals surface area contributed by atoms with Crippen molar-refractivity contribution in [3.63, 3.8) is 0 Å². The second kappa shape index (κ2) is 6.21. The minimum atomic E-state index is -0.344. The lowest BCUT2D eigenvalue weighted by Gasteiger charge is -2.26. The number of hydrogen-bond donors (Lipinski definition) is 1. The molecule has 1 aromatic carbocycles. The Morgan fingerprint density at radius 1 is 1.35 bits per heavy atom. The molecule has 0 heterocycles. The van der Waals surface area contributed by atoms with Gasteiger partial charge in [0.1, 0.15) is 5.82 Å². The van der Waals surface area contributed by atoms with Gasteiger partial charge < -0.3 is 10.6 Å². The van der Waals surface area contributed by atoms with E-state index in [1.807, 2.05) is 11.0 Å². The molecule has 92 valence electrons. The van der Waals surface area contributed by atoms with Gasteiger partial charge in [-0.25, -0.2) is 4.39 Å². The van der Waals surface area contributed by atoms with Crippen LogP contribution in [0.1, 0.15) is 18.5 Å². The van der Waals surface area contributed by atoms with Gasteiger partial charge in [0.15, 0.2) is 0 Å². The standard InChI is InChI=1S/C14H19FN2/c1-4-9-17(10-5-2)13-8-6-7-12(15)14(13)11(3)16/h4-8,11H,1-2,9-10,16H2,3H3/t11-/m1/s1. The molecule has 0 saturated heterocycles. The Morgan fingerprint density at radius 2 is 1.94 bits per heavy atom. The van der Waals surface area contributed by atoms with Gasteiger partial charge in [0.2, 0.25) is 0 Å². The largest absolute Gasteiger partial charge is 0.364 e. The molecule has 17 heavy (non-hydrogen) atoms. The van der Waals surface area contributed by atoms with Gasteiger partial charge in [-0.05, 0) is 19.1 Å². The van der Waals surface area contributed by atoms with Crippen LogP contribution in [0.4, 0.5) is 10.1 Å². The van der Waals surface area contributed by atoms with E-state index in [-0.39, 0.29) is 11.9 Å². The van der Waals surface area contributed by atoms with Crippen LogP contribution in [0.25, 0.3) is 0 Å². The fourth-order valence-corrected chi connectivity index (χ4v) is 1.84. The van der Waals surface area contributed by atoms with Gasteiger partial charge in [-0.2, -0.15) is 0 Å². The minimum Gasteiger partial charge on any atom is -0.364 e. The first-order valence-corrected chi connectivity index (χ1v) is 5.62. The van der Waals surface area contributed by atoms with E-state index in [2.05, 4.69) is 13.2 Å². The minimum absolute atomic E-state index is 0.268. The van der Waals surface area contributed by atoms with Crippen molar-refractivity contribution in [3.05, 3.63) is 54.9 Å². The Labute approximate surface area is 102 Å². The number of hydrogen-bond acceptors (Lipinski definition) is 2. The SMILES string of the molecule is C=CCN(CC=C)c1cccc(F)c1[C@@H](C)N. The van der Waals surface area contributed by atoms with E-state index in [9.17, 15) is 4.39 Å². The Hall–Kier alpha value is -1.61. The summed E-state index contributed by atoms with van der Waals surface area (Å²) in [7, 11) is 0. The Kier molecular flexibility index (Phi) is 4.91. The number of anilines is 1. The molecule has 1 rings (SSSR count). The van der Waals surface area contributed by atoms with Crippen LogP contribution >= 0.6 is 0 Å². The zero-order chi connectivity index (χ0) is 12.8. The first-order valence-electron chi connectivity index (χ1n) is 5.62. The lowest BCUT2D eigenvalue weighted by atomic mass is 10.0. The van der Waals surface area contributed by atoms with Crippen LogP contribution in [-0.2, 0) is 0 Å². The van der Waals surface area contributed by atoms with E-state index in [4.69, 9.17) is 5.73 Å². The highest BCUT2D eigenvalue weighted by Crippen LogP contribution is 2.27. The maximum Gasteiger partial charge on any atom is 0.130 e. The number of nitrogens with zero attached hydrogens (tertiary/aromatic N) is 1. The summed E-state index contributed by atoms with van der Waals surface area (Å²) >= 11 is 0. The molecule has 0 aliphatic heterocycles. The second-order valence-electron chi connectivity index (χ2n) is 3.94. The van der Waals surface area contributed by atoms with Crippen LogP contribution in [0.5, 0.6) is 0 Å². The maximum atomic E-state index is 13.8. The van der Waals surface area contributed by atoms with Gasteiger partial charge in [0.05, 0.1) is 0 Å². The molecule has 0 fully saturated rings. The summed E-state index contributed by atoms with van der Waals surface area (Å²) in [4.78, 5) is 1.99. The molecule has 0 aliphatic carbocycles. The Balaban J connectivity index is 3.21. The predicted molar refractivity (Wildman–Crippen MR) is 71.6 cm³/mol. The summed E-state index contributed by atoms with van der Waals surface area (Å²) < 4.78 is 13.8. The molecule has 0 aliphatic rings. The first kappa shape index (κ1) is 13.5. The summed E-state index contributed by atoms with van der Waals surface area (Å²) in [5, 5.41) is 0. The van der Waals surface area contributed by atoms with Gasteiger partial charge >= 0.3 is 0 Å². The Bertz CT molecular complexity index is 389. The van der Waals surface area contributed by atoms with Crippen molar-refractivity contribution >= 4 is 5.69 Å². The van der Waals surface area contributed by atoms with Gasteiger partial charge in [-0.3, -0.25) is 0 Å². The van der Waals surface area contributed by atoms with E-state index in [1.54, 1.807) is 25.1 Å². The lowest BCUT2D eigenvalue weighted by molar-refractivity contribution is 0.592. The van der Waals surface area contributed by atoms with E-state index in [1.165, 1.54) is 6.07 Å². The third-order valence-corrected chi connectivity index (χ3v) is 2.52. The van der Waals surface area contributed by atoms with Crippen molar-refractivity contribution in [2.45, 2.75) is 13.0 Å². The molecule has 1 aromatic rings. The fraction of sp³-hybridized carbons (Fsp3) is 0.286. The average Bonchev–Trinajstić information content (AvgIpc) is 2.28. The zero-order valence-corrected chi connectivity index (χ0v) is 10.2. The third-order valence-electron chi connectivity index (χ3n) is 2.52. The molecule has 0 aromatic heterocycles. The van der Waals surface area contributed by atoms with Gasteiger partial charge in [0, 0.05) is 30.4 Å². The number of halogens is 1. The van der Waals surface area contributed by atoms with E-state index in [0.29, 0.717) is 18.7 Å². The molecule has 0 spiro atoms. The molecule has 3 heteroatoms. The number of nitrogens with two attached hydrogens (primary N) is 1. The van der Waals surface area contributed by atoms with Crippen molar-refractivity contribution in [2.75, 3.05) is 18.0 Å². The van der Waals surface area contributed by atoms with E-state index >= 15 is 0 Å². The van der Waals surface area contributed by atoms with Gasteiger partial charge in [-0.15, -0.1) is 13.2 Å². The molecular formula is C14H19FN2. The van der Waals surface area contributed by atoms with Crippen molar-refractivity contribution < 1.29 is 4.39 Å². The van der Waals surface area contributed by atoms with E-state index in [0.717, 1.165) is 5.69 Å². The third kappa shape index (κ3) is 3.17. The van der Waals surface area contributed by atoms with Crippen molar-refractivity contribution in [1.29, 1.82) is 0 Å². The maximum absolute atomic E-state index is 13.8. The lowest BCUT2D eigenvalue weighted by Crippen LogP contribution is -2.26. The highest BCUT2D eigenvalue weighted by Gasteiger charge is 2.15. The summed E-state index contributed by atoms with van der Waals surface area (Å²) in [6.45, 7) is 10.5. The molecule has 2 N–H and O–H groups in total.